The van der Waals surface area contributed by atoms with Crippen molar-refractivity contribution in [1.29, 1.82) is 0 Å². The van der Waals surface area contributed by atoms with Crippen molar-refractivity contribution in [2.24, 2.45) is 5.73 Å². The van der Waals surface area contributed by atoms with Gasteiger partial charge in [-0.3, -0.25) is 4.79 Å². The number of carbonyl (C=O) groups excluding carboxylic acids is 1. The first-order valence-corrected chi connectivity index (χ1v) is 5.63. The van der Waals surface area contributed by atoms with Crippen molar-refractivity contribution in [3.63, 3.8) is 0 Å². The third-order valence-electron chi connectivity index (χ3n) is 2.72. The van der Waals surface area contributed by atoms with Crippen LogP contribution in [0.15, 0.2) is 24.3 Å². The van der Waals surface area contributed by atoms with Gasteiger partial charge in [-0.15, -0.1) is 12.4 Å². The Balaban J connectivity index is 0.00000289. The van der Waals surface area contributed by atoms with Gasteiger partial charge in [-0.1, -0.05) is 32.0 Å². The topological polar surface area (TPSA) is 55.1 Å². The van der Waals surface area contributed by atoms with Crippen LogP contribution in [0.3, 0.4) is 0 Å². The van der Waals surface area contributed by atoms with Gasteiger partial charge in [-0.25, -0.2) is 4.39 Å². The van der Waals surface area contributed by atoms with Crippen molar-refractivity contribution in [3.05, 3.63) is 35.6 Å². The third kappa shape index (κ3) is 4.27. The summed E-state index contributed by atoms with van der Waals surface area (Å²) in [6, 6.07) is 6.03. The molecule has 0 aliphatic rings. The van der Waals surface area contributed by atoms with E-state index in [1.807, 2.05) is 13.8 Å². The number of amides is 1. The zero-order chi connectivity index (χ0) is 13.1. The van der Waals surface area contributed by atoms with E-state index >= 15 is 0 Å². The van der Waals surface area contributed by atoms with Gasteiger partial charge in [0.2, 0.25) is 5.91 Å². The van der Waals surface area contributed by atoms with Gasteiger partial charge in [0.05, 0.1) is 6.04 Å². The highest BCUT2D eigenvalue weighted by Gasteiger charge is 2.24. The lowest BCUT2D eigenvalue weighted by atomic mass is 9.84. The van der Waals surface area contributed by atoms with E-state index in [1.165, 1.54) is 6.07 Å². The predicted octanol–water partition coefficient (Wildman–Crippen LogP) is 1.99. The number of carbonyl (C=O) groups is 1. The van der Waals surface area contributed by atoms with Crippen LogP contribution in [0.4, 0.5) is 4.39 Å². The fourth-order valence-electron chi connectivity index (χ4n) is 1.57. The molecule has 1 rings (SSSR count). The van der Waals surface area contributed by atoms with E-state index in [1.54, 1.807) is 25.1 Å². The summed E-state index contributed by atoms with van der Waals surface area (Å²) in [4.78, 5) is 11.4. The lowest BCUT2D eigenvalue weighted by molar-refractivity contribution is -0.122. The predicted molar refractivity (Wildman–Crippen MR) is 73.3 cm³/mol. The molecule has 0 spiro atoms. The van der Waals surface area contributed by atoms with Crippen molar-refractivity contribution < 1.29 is 9.18 Å². The number of nitrogens with one attached hydrogen (secondary N) is 1. The lowest BCUT2D eigenvalue weighted by Crippen LogP contribution is -2.44. The quantitative estimate of drug-likeness (QED) is 0.882. The molecule has 0 bridgehead atoms. The SMILES string of the molecule is C[C@@H](N)C(=O)NCC(C)(C)c1ccccc1F.Cl. The van der Waals surface area contributed by atoms with Crippen molar-refractivity contribution in [1.82, 2.24) is 5.32 Å². The molecule has 0 heterocycles. The highest BCUT2D eigenvalue weighted by atomic mass is 35.5. The van der Waals surface area contributed by atoms with Crippen LogP contribution in [0, 0.1) is 5.82 Å². The molecule has 3 nitrogen and oxygen atoms in total. The van der Waals surface area contributed by atoms with Crippen molar-refractivity contribution in [3.8, 4) is 0 Å². The van der Waals surface area contributed by atoms with Gasteiger partial charge in [-0.2, -0.15) is 0 Å². The number of hydrogen-bond donors (Lipinski definition) is 2. The van der Waals surface area contributed by atoms with Crippen LogP contribution in [0.2, 0.25) is 0 Å². The molecule has 1 aromatic carbocycles. The Hall–Kier alpha value is -1.13. The summed E-state index contributed by atoms with van der Waals surface area (Å²) in [6.07, 6.45) is 0. The van der Waals surface area contributed by atoms with Gasteiger partial charge in [-0.05, 0) is 18.6 Å². The summed E-state index contributed by atoms with van der Waals surface area (Å²) in [5, 5.41) is 2.72. The molecule has 1 atom stereocenters. The Morgan fingerprint density at radius 2 is 2.00 bits per heavy atom. The molecule has 0 unspecified atom stereocenters. The second-order valence-electron chi connectivity index (χ2n) is 4.87. The largest absolute Gasteiger partial charge is 0.354 e. The fourth-order valence-corrected chi connectivity index (χ4v) is 1.57. The normalized spacial score (nSPS) is 12.5. The molecule has 0 saturated carbocycles. The first-order valence-electron chi connectivity index (χ1n) is 5.63. The molecule has 18 heavy (non-hydrogen) atoms. The summed E-state index contributed by atoms with van der Waals surface area (Å²) >= 11 is 0. The number of halogens is 2. The maximum atomic E-state index is 13.6. The van der Waals surface area contributed by atoms with E-state index in [4.69, 9.17) is 5.73 Å². The molecule has 0 aliphatic heterocycles. The Morgan fingerprint density at radius 3 is 2.50 bits per heavy atom. The summed E-state index contributed by atoms with van der Waals surface area (Å²) in [5.41, 5.74) is 5.57. The summed E-state index contributed by atoms with van der Waals surface area (Å²) in [6.45, 7) is 5.74. The minimum Gasteiger partial charge on any atom is -0.354 e. The van der Waals surface area contributed by atoms with Gasteiger partial charge in [0, 0.05) is 12.0 Å². The molecular weight excluding hydrogens is 255 g/mol. The summed E-state index contributed by atoms with van der Waals surface area (Å²) < 4.78 is 13.6. The van der Waals surface area contributed by atoms with Gasteiger partial charge in [0.1, 0.15) is 5.82 Å². The number of hydrogen-bond acceptors (Lipinski definition) is 2. The van der Waals surface area contributed by atoms with E-state index in [-0.39, 0.29) is 24.1 Å². The van der Waals surface area contributed by atoms with Crippen LogP contribution in [0.1, 0.15) is 26.3 Å². The highest BCUT2D eigenvalue weighted by molar-refractivity contribution is 5.85. The summed E-state index contributed by atoms with van der Waals surface area (Å²) in [5.74, 6) is -0.484. The van der Waals surface area contributed by atoms with Crippen LogP contribution in [-0.2, 0) is 10.2 Å². The van der Waals surface area contributed by atoms with Crippen molar-refractivity contribution in [2.75, 3.05) is 6.54 Å². The molecule has 1 aromatic rings. The monoisotopic (exact) mass is 274 g/mol. The zero-order valence-electron chi connectivity index (χ0n) is 10.9. The average Bonchev–Trinajstić information content (AvgIpc) is 2.26. The smallest absolute Gasteiger partial charge is 0.236 e. The van der Waals surface area contributed by atoms with Crippen LogP contribution >= 0.6 is 12.4 Å². The van der Waals surface area contributed by atoms with Gasteiger partial charge in [0.15, 0.2) is 0 Å². The molecule has 0 aromatic heterocycles. The van der Waals surface area contributed by atoms with E-state index in [9.17, 15) is 9.18 Å². The molecule has 1 amide bonds. The van der Waals surface area contributed by atoms with E-state index < -0.39 is 11.5 Å². The van der Waals surface area contributed by atoms with E-state index in [2.05, 4.69) is 5.32 Å². The molecule has 0 fully saturated rings. The second-order valence-corrected chi connectivity index (χ2v) is 4.87. The van der Waals surface area contributed by atoms with E-state index in [0.29, 0.717) is 12.1 Å². The number of benzene rings is 1. The van der Waals surface area contributed by atoms with Crippen molar-refractivity contribution in [2.45, 2.75) is 32.2 Å². The molecular formula is C13H20ClFN2O. The maximum Gasteiger partial charge on any atom is 0.236 e. The highest BCUT2D eigenvalue weighted by Crippen LogP contribution is 2.24. The molecule has 102 valence electrons. The Bertz CT molecular complexity index is 408. The second kappa shape index (κ2) is 6.71. The maximum absolute atomic E-state index is 13.6. The van der Waals surface area contributed by atoms with Crippen LogP contribution in [0.25, 0.3) is 0 Å². The molecule has 3 N–H and O–H groups in total. The Kier molecular flexibility index (Phi) is 6.29. The average molecular weight is 275 g/mol. The van der Waals surface area contributed by atoms with Crippen LogP contribution < -0.4 is 11.1 Å². The van der Waals surface area contributed by atoms with Crippen LogP contribution in [0.5, 0.6) is 0 Å². The van der Waals surface area contributed by atoms with Gasteiger partial charge >= 0.3 is 0 Å². The fraction of sp³-hybridized carbons (Fsp3) is 0.462. The first-order chi connectivity index (χ1) is 7.84. The van der Waals surface area contributed by atoms with Crippen molar-refractivity contribution >= 4 is 18.3 Å². The zero-order valence-corrected chi connectivity index (χ0v) is 11.7. The third-order valence-corrected chi connectivity index (χ3v) is 2.72. The summed E-state index contributed by atoms with van der Waals surface area (Å²) in [7, 11) is 0. The molecule has 0 aliphatic carbocycles. The Morgan fingerprint density at radius 1 is 1.44 bits per heavy atom. The molecule has 0 radical (unpaired) electrons. The van der Waals surface area contributed by atoms with E-state index in [0.717, 1.165) is 0 Å². The minimum absolute atomic E-state index is 0. The van der Waals surface area contributed by atoms with Crippen LogP contribution in [-0.4, -0.2) is 18.5 Å². The minimum atomic E-state index is -0.550. The van der Waals surface area contributed by atoms with Gasteiger partial charge in [0.25, 0.3) is 0 Å². The Labute approximate surface area is 113 Å². The first kappa shape index (κ1) is 16.9. The standard InChI is InChI=1S/C13H19FN2O.ClH/c1-9(15)12(17)16-8-13(2,3)10-6-4-5-7-11(10)14;/h4-7,9H,8,15H2,1-3H3,(H,16,17);1H/t9-;/m1./s1. The number of rotatable bonds is 4. The molecule has 0 saturated heterocycles. The lowest BCUT2D eigenvalue weighted by Gasteiger charge is -2.26. The van der Waals surface area contributed by atoms with Gasteiger partial charge < -0.3 is 11.1 Å². The molecule has 5 heteroatoms. The number of nitrogens with two attached hydrogens (primary N) is 1.